The molecule has 0 radical (unpaired) electrons. The lowest BCUT2D eigenvalue weighted by Gasteiger charge is -2.39. The molecule has 1 saturated heterocycles. The second-order valence-electron chi connectivity index (χ2n) is 6.96. The van der Waals surface area contributed by atoms with E-state index in [9.17, 15) is 4.79 Å². The average molecular weight is 252 g/mol. The Morgan fingerprint density at radius 1 is 1.28 bits per heavy atom. The lowest BCUT2D eigenvalue weighted by Crippen LogP contribution is -2.57. The van der Waals surface area contributed by atoms with E-state index in [0.29, 0.717) is 6.04 Å². The van der Waals surface area contributed by atoms with Gasteiger partial charge in [-0.1, -0.05) is 33.6 Å². The number of hydrogen-bond donors (Lipinski definition) is 2. The first-order valence-corrected chi connectivity index (χ1v) is 7.53. The smallest absolute Gasteiger partial charge is 0.237 e. The molecule has 18 heavy (non-hydrogen) atoms. The van der Waals surface area contributed by atoms with E-state index in [1.54, 1.807) is 0 Å². The predicted octanol–water partition coefficient (Wildman–Crippen LogP) is 2.46. The molecular formula is C15H28N2O. The van der Waals surface area contributed by atoms with E-state index >= 15 is 0 Å². The maximum Gasteiger partial charge on any atom is 0.237 e. The Hall–Kier alpha value is -0.570. The normalized spacial score (nSPS) is 36.1. The van der Waals surface area contributed by atoms with Gasteiger partial charge in [0.15, 0.2) is 0 Å². The van der Waals surface area contributed by atoms with Crippen molar-refractivity contribution in [2.24, 2.45) is 11.3 Å². The molecule has 0 aromatic carbocycles. The van der Waals surface area contributed by atoms with E-state index in [0.717, 1.165) is 31.7 Å². The van der Waals surface area contributed by atoms with Gasteiger partial charge >= 0.3 is 0 Å². The molecule has 2 N–H and O–H groups in total. The zero-order chi connectivity index (χ0) is 13.2. The Balaban J connectivity index is 1.90. The third-order valence-corrected chi connectivity index (χ3v) is 4.67. The highest BCUT2D eigenvalue weighted by Crippen LogP contribution is 2.31. The number of nitrogens with one attached hydrogen (secondary N) is 2. The zero-order valence-electron chi connectivity index (χ0n) is 12.1. The fourth-order valence-corrected chi connectivity index (χ4v) is 3.51. The minimum Gasteiger partial charge on any atom is -0.352 e. The van der Waals surface area contributed by atoms with Crippen molar-refractivity contribution in [2.75, 3.05) is 6.54 Å². The van der Waals surface area contributed by atoms with E-state index in [1.807, 2.05) is 0 Å². The molecule has 3 atom stereocenters. The molecule has 0 bridgehead atoms. The van der Waals surface area contributed by atoms with Crippen LogP contribution in [-0.4, -0.2) is 24.5 Å². The highest BCUT2D eigenvalue weighted by atomic mass is 16.2. The minimum absolute atomic E-state index is 0.0107. The Morgan fingerprint density at radius 3 is 2.72 bits per heavy atom. The Labute approximate surface area is 111 Å². The SMILES string of the molecule is CC1CCCC(NC(=O)C2NCCCC2(C)C)C1. The number of carbonyl (C=O) groups excluding carboxylic acids is 1. The molecular weight excluding hydrogens is 224 g/mol. The van der Waals surface area contributed by atoms with Crippen LogP contribution >= 0.6 is 0 Å². The van der Waals surface area contributed by atoms with Gasteiger partial charge in [-0.05, 0) is 43.6 Å². The van der Waals surface area contributed by atoms with Crippen molar-refractivity contribution in [2.45, 2.75) is 71.4 Å². The van der Waals surface area contributed by atoms with E-state index in [1.165, 1.54) is 19.3 Å². The highest BCUT2D eigenvalue weighted by Gasteiger charge is 2.37. The molecule has 1 saturated carbocycles. The molecule has 0 aromatic heterocycles. The van der Waals surface area contributed by atoms with Crippen molar-refractivity contribution in [1.29, 1.82) is 0 Å². The van der Waals surface area contributed by atoms with Crippen LogP contribution in [0.4, 0.5) is 0 Å². The van der Waals surface area contributed by atoms with Gasteiger partial charge in [-0.2, -0.15) is 0 Å². The maximum atomic E-state index is 12.4. The molecule has 3 nitrogen and oxygen atoms in total. The molecule has 2 rings (SSSR count). The Bertz CT molecular complexity index is 301. The summed E-state index contributed by atoms with van der Waals surface area (Å²) in [5, 5.41) is 6.67. The van der Waals surface area contributed by atoms with Crippen molar-refractivity contribution in [3.63, 3.8) is 0 Å². The third-order valence-electron chi connectivity index (χ3n) is 4.67. The molecule has 0 aromatic rings. The summed E-state index contributed by atoms with van der Waals surface area (Å²) in [5.41, 5.74) is 0.0859. The zero-order valence-corrected chi connectivity index (χ0v) is 12.1. The summed E-state index contributed by atoms with van der Waals surface area (Å²) in [4.78, 5) is 12.4. The highest BCUT2D eigenvalue weighted by molar-refractivity contribution is 5.83. The number of amides is 1. The van der Waals surface area contributed by atoms with Crippen LogP contribution in [0.1, 0.15) is 59.3 Å². The quantitative estimate of drug-likeness (QED) is 0.792. The summed E-state index contributed by atoms with van der Waals surface area (Å²) < 4.78 is 0. The minimum atomic E-state index is -0.0107. The largest absolute Gasteiger partial charge is 0.352 e. The summed E-state index contributed by atoms with van der Waals surface area (Å²) >= 11 is 0. The third kappa shape index (κ3) is 3.25. The van der Waals surface area contributed by atoms with E-state index in [2.05, 4.69) is 31.4 Å². The van der Waals surface area contributed by atoms with Crippen LogP contribution in [0.2, 0.25) is 0 Å². The molecule has 1 aliphatic heterocycles. The van der Waals surface area contributed by atoms with Gasteiger partial charge < -0.3 is 10.6 Å². The lowest BCUT2D eigenvalue weighted by molar-refractivity contribution is -0.127. The van der Waals surface area contributed by atoms with Gasteiger partial charge in [-0.15, -0.1) is 0 Å². The van der Waals surface area contributed by atoms with Crippen molar-refractivity contribution in [3.05, 3.63) is 0 Å². The number of rotatable bonds is 2. The fraction of sp³-hybridized carbons (Fsp3) is 0.933. The van der Waals surface area contributed by atoms with E-state index in [-0.39, 0.29) is 17.4 Å². The monoisotopic (exact) mass is 252 g/mol. The Morgan fingerprint density at radius 2 is 2.06 bits per heavy atom. The molecule has 0 spiro atoms. The van der Waals surface area contributed by atoms with Crippen LogP contribution < -0.4 is 10.6 Å². The number of piperidine rings is 1. The molecule has 3 heteroatoms. The topological polar surface area (TPSA) is 41.1 Å². The van der Waals surface area contributed by atoms with Gasteiger partial charge in [-0.3, -0.25) is 4.79 Å². The first-order valence-electron chi connectivity index (χ1n) is 7.53. The second-order valence-corrected chi connectivity index (χ2v) is 6.96. The van der Waals surface area contributed by atoms with Crippen molar-refractivity contribution in [1.82, 2.24) is 10.6 Å². The summed E-state index contributed by atoms with van der Waals surface area (Å²) in [7, 11) is 0. The van der Waals surface area contributed by atoms with Crippen LogP contribution in [0.25, 0.3) is 0 Å². The van der Waals surface area contributed by atoms with E-state index in [4.69, 9.17) is 0 Å². The van der Waals surface area contributed by atoms with Crippen LogP contribution in [0.5, 0.6) is 0 Å². The summed E-state index contributed by atoms with van der Waals surface area (Å²) in [5.74, 6) is 0.982. The first-order chi connectivity index (χ1) is 8.49. The summed E-state index contributed by atoms with van der Waals surface area (Å²) in [6.45, 7) is 7.67. The van der Waals surface area contributed by atoms with Crippen LogP contribution in [0, 0.1) is 11.3 Å². The van der Waals surface area contributed by atoms with Crippen molar-refractivity contribution >= 4 is 5.91 Å². The molecule has 1 heterocycles. The molecule has 1 amide bonds. The first kappa shape index (κ1) is 13.9. The van der Waals surface area contributed by atoms with Gasteiger partial charge in [0, 0.05) is 6.04 Å². The number of carbonyl (C=O) groups is 1. The Kier molecular flexibility index (Phi) is 4.31. The average Bonchev–Trinajstić information content (AvgIpc) is 2.28. The van der Waals surface area contributed by atoms with Crippen molar-refractivity contribution in [3.8, 4) is 0 Å². The molecule has 1 aliphatic carbocycles. The standard InChI is InChI=1S/C15H28N2O/c1-11-6-4-7-12(10-11)17-14(18)13-15(2,3)8-5-9-16-13/h11-13,16H,4-10H2,1-3H3,(H,17,18). The van der Waals surface area contributed by atoms with Gasteiger partial charge in [0.2, 0.25) is 5.91 Å². The second kappa shape index (κ2) is 5.60. The predicted molar refractivity (Wildman–Crippen MR) is 74.4 cm³/mol. The molecule has 2 aliphatic rings. The number of hydrogen-bond acceptors (Lipinski definition) is 2. The van der Waals surface area contributed by atoms with Crippen molar-refractivity contribution < 1.29 is 4.79 Å². The van der Waals surface area contributed by atoms with Gasteiger partial charge in [0.25, 0.3) is 0 Å². The fourth-order valence-electron chi connectivity index (χ4n) is 3.51. The summed E-state index contributed by atoms with van der Waals surface area (Å²) in [6, 6.07) is 0.393. The molecule has 3 unspecified atom stereocenters. The van der Waals surface area contributed by atoms with Gasteiger partial charge in [-0.25, -0.2) is 0 Å². The lowest BCUT2D eigenvalue weighted by atomic mass is 9.77. The van der Waals surface area contributed by atoms with Crippen LogP contribution in [-0.2, 0) is 4.79 Å². The van der Waals surface area contributed by atoms with Gasteiger partial charge in [0.1, 0.15) is 0 Å². The van der Waals surface area contributed by atoms with Gasteiger partial charge in [0.05, 0.1) is 6.04 Å². The van der Waals surface area contributed by atoms with Crippen LogP contribution in [0.15, 0.2) is 0 Å². The molecule has 2 fully saturated rings. The summed E-state index contributed by atoms with van der Waals surface area (Å²) in [6.07, 6.45) is 7.20. The van der Waals surface area contributed by atoms with Crippen LogP contribution in [0.3, 0.4) is 0 Å². The molecule has 104 valence electrons. The maximum absolute atomic E-state index is 12.4. The van der Waals surface area contributed by atoms with E-state index < -0.39 is 0 Å².